The molecule has 0 unspecified atom stereocenters. The number of aromatic nitrogens is 1. The lowest BCUT2D eigenvalue weighted by Gasteiger charge is -2.34. The van der Waals surface area contributed by atoms with Crippen LogP contribution in [0.25, 0.3) is 11.5 Å². The number of halogens is 1. The zero-order valence-corrected chi connectivity index (χ0v) is 15.4. The lowest BCUT2D eigenvalue weighted by atomic mass is 10.2. The largest absolute Gasteiger partial charge is 0.444 e. The molecule has 4 rings (SSSR count). The van der Waals surface area contributed by atoms with Crippen molar-refractivity contribution in [2.24, 2.45) is 0 Å². The van der Waals surface area contributed by atoms with Crippen LogP contribution in [0.1, 0.15) is 11.3 Å². The van der Waals surface area contributed by atoms with Crippen LogP contribution in [0, 0.1) is 0 Å². The molecule has 4 nitrogen and oxygen atoms in total. The minimum absolute atomic E-state index is 0.591. The predicted octanol–water partition coefficient (Wildman–Crippen LogP) is 4.31. The summed E-state index contributed by atoms with van der Waals surface area (Å²) in [7, 11) is 0. The van der Waals surface area contributed by atoms with E-state index in [1.807, 2.05) is 24.3 Å². The molecule has 0 atom stereocenters. The summed E-state index contributed by atoms with van der Waals surface area (Å²) in [5.74, 6) is 0.591. The van der Waals surface area contributed by atoms with Crippen molar-refractivity contribution in [3.63, 3.8) is 0 Å². The number of hydrogen-bond donors (Lipinski definition) is 0. The van der Waals surface area contributed by atoms with Crippen LogP contribution in [0.3, 0.4) is 0 Å². The van der Waals surface area contributed by atoms with Gasteiger partial charge in [-0.3, -0.25) is 9.80 Å². The molecular formula is C21H22ClN3O. The van der Waals surface area contributed by atoms with Crippen LogP contribution in [-0.4, -0.2) is 41.0 Å². The third-order valence-electron chi connectivity index (χ3n) is 4.76. The van der Waals surface area contributed by atoms with Crippen LogP contribution >= 0.6 is 11.6 Å². The van der Waals surface area contributed by atoms with E-state index < -0.39 is 0 Å². The first kappa shape index (κ1) is 17.3. The summed E-state index contributed by atoms with van der Waals surface area (Å²) >= 11 is 6.23. The molecule has 0 saturated carbocycles. The van der Waals surface area contributed by atoms with E-state index in [0.29, 0.717) is 10.9 Å². The Balaban J connectivity index is 1.32. The molecule has 134 valence electrons. The van der Waals surface area contributed by atoms with Crippen molar-refractivity contribution in [2.75, 3.05) is 26.2 Å². The second kappa shape index (κ2) is 8.04. The number of nitrogens with zero attached hydrogens (tertiary/aromatic N) is 3. The highest BCUT2D eigenvalue weighted by atomic mass is 35.5. The molecule has 0 bridgehead atoms. The fraction of sp³-hybridized carbons (Fsp3) is 0.286. The normalized spacial score (nSPS) is 16.0. The average molecular weight is 368 g/mol. The summed E-state index contributed by atoms with van der Waals surface area (Å²) in [6.45, 7) is 6.07. The van der Waals surface area contributed by atoms with Crippen molar-refractivity contribution in [1.82, 2.24) is 14.8 Å². The summed E-state index contributed by atoms with van der Waals surface area (Å²) < 4.78 is 5.64. The number of rotatable bonds is 5. The Bertz CT molecular complexity index is 841. The quantitative estimate of drug-likeness (QED) is 0.672. The summed E-state index contributed by atoms with van der Waals surface area (Å²) in [5.41, 5.74) is 3.17. The van der Waals surface area contributed by atoms with Gasteiger partial charge in [-0.1, -0.05) is 54.1 Å². The van der Waals surface area contributed by atoms with E-state index >= 15 is 0 Å². The maximum Gasteiger partial charge on any atom is 0.227 e. The van der Waals surface area contributed by atoms with Gasteiger partial charge in [0.1, 0.15) is 6.26 Å². The van der Waals surface area contributed by atoms with Gasteiger partial charge in [0.05, 0.1) is 16.3 Å². The fourth-order valence-electron chi connectivity index (χ4n) is 3.31. The lowest BCUT2D eigenvalue weighted by Crippen LogP contribution is -2.45. The molecule has 1 aliphatic rings. The Labute approximate surface area is 159 Å². The van der Waals surface area contributed by atoms with Crippen LogP contribution in [0.15, 0.2) is 65.3 Å². The zero-order chi connectivity index (χ0) is 17.8. The van der Waals surface area contributed by atoms with Gasteiger partial charge in [-0.15, -0.1) is 0 Å². The Morgan fingerprint density at radius 3 is 2.23 bits per heavy atom. The molecule has 0 N–H and O–H groups in total. The second-order valence-electron chi connectivity index (χ2n) is 6.66. The highest BCUT2D eigenvalue weighted by Crippen LogP contribution is 2.27. The van der Waals surface area contributed by atoms with Gasteiger partial charge in [-0.2, -0.15) is 0 Å². The molecule has 26 heavy (non-hydrogen) atoms. The van der Waals surface area contributed by atoms with Gasteiger partial charge in [0.25, 0.3) is 0 Å². The van der Waals surface area contributed by atoms with Crippen LogP contribution < -0.4 is 0 Å². The smallest absolute Gasteiger partial charge is 0.227 e. The second-order valence-corrected chi connectivity index (χ2v) is 7.07. The third kappa shape index (κ3) is 4.15. The number of hydrogen-bond acceptors (Lipinski definition) is 4. The molecule has 0 radical (unpaired) electrons. The molecule has 1 aromatic heterocycles. The van der Waals surface area contributed by atoms with Gasteiger partial charge in [0.2, 0.25) is 5.89 Å². The minimum Gasteiger partial charge on any atom is -0.444 e. The van der Waals surface area contributed by atoms with Gasteiger partial charge in [-0.05, 0) is 17.7 Å². The molecule has 5 heteroatoms. The van der Waals surface area contributed by atoms with Crippen LogP contribution in [0.2, 0.25) is 5.02 Å². The van der Waals surface area contributed by atoms with E-state index in [0.717, 1.165) is 50.5 Å². The molecule has 2 aromatic carbocycles. The fourth-order valence-corrected chi connectivity index (χ4v) is 3.53. The third-order valence-corrected chi connectivity index (χ3v) is 5.09. The number of benzene rings is 2. The minimum atomic E-state index is 0.591. The van der Waals surface area contributed by atoms with Gasteiger partial charge >= 0.3 is 0 Å². The Hall–Kier alpha value is -2.14. The van der Waals surface area contributed by atoms with Crippen molar-refractivity contribution in [2.45, 2.75) is 13.1 Å². The standard InChI is InChI=1S/C21H22ClN3O/c22-20-9-5-4-8-19(20)21-23-18(16-26-21)15-25-12-10-24(11-13-25)14-17-6-2-1-3-7-17/h1-9,16H,10-15H2. The van der Waals surface area contributed by atoms with E-state index in [9.17, 15) is 0 Å². The summed E-state index contributed by atoms with van der Waals surface area (Å²) in [5, 5.41) is 0.662. The van der Waals surface area contributed by atoms with E-state index in [1.54, 1.807) is 6.26 Å². The molecule has 1 fully saturated rings. The zero-order valence-electron chi connectivity index (χ0n) is 14.6. The van der Waals surface area contributed by atoms with Gasteiger partial charge in [0, 0.05) is 39.3 Å². The molecular weight excluding hydrogens is 346 g/mol. The predicted molar refractivity (Wildman–Crippen MR) is 104 cm³/mol. The highest BCUT2D eigenvalue weighted by Gasteiger charge is 2.19. The summed E-state index contributed by atoms with van der Waals surface area (Å²) in [6, 6.07) is 18.3. The molecule has 1 saturated heterocycles. The van der Waals surface area contributed by atoms with Crippen LogP contribution in [0.4, 0.5) is 0 Å². The van der Waals surface area contributed by atoms with Crippen LogP contribution in [-0.2, 0) is 13.1 Å². The summed E-state index contributed by atoms with van der Waals surface area (Å²) in [6.07, 6.45) is 1.75. The molecule has 2 heterocycles. The Morgan fingerprint density at radius 1 is 0.846 bits per heavy atom. The first-order valence-electron chi connectivity index (χ1n) is 8.96. The van der Waals surface area contributed by atoms with Crippen molar-refractivity contribution in [3.8, 4) is 11.5 Å². The molecule has 1 aliphatic heterocycles. The molecule has 0 aliphatic carbocycles. The number of piperazine rings is 1. The maximum absolute atomic E-state index is 6.23. The first-order valence-corrected chi connectivity index (χ1v) is 9.34. The van der Waals surface area contributed by atoms with Crippen molar-refractivity contribution in [3.05, 3.63) is 77.1 Å². The Kier molecular flexibility index (Phi) is 5.34. The molecule has 0 spiro atoms. The lowest BCUT2D eigenvalue weighted by molar-refractivity contribution is 0.121. The topological polar surface area (TPSA) is 32.5 Å². The molecule has 3 aromatic rings. The van der Waals surface area contributed by atoms with E-state index in [2.05, 4.69) is 45.1 Å². The highest BCUT2D eigenvalue weighted by molar-refractivity contribution is 6.33. The first-order chi connectivity index (χ1) is 12.8. The maximum atomic E-state index is 6.23. The molecule has 0 amide bonds. The summed E-state index contributed by atoms with van der Waals surface area (Å²) in [4.78, 5) is 9.55. The van der Waals surface area contributed by atoms with Crippen LogP contribution in [0.5, 0.6) is 0 Å². The monoisotopic (exact) mass is 367 g/mol. The Morgan fingerprint density at radius 2 is 1.50 bits per heavy atom. The van der Waals surface area contributed by atoms with E-state index in [1.165, 1.54) is 5.56 Å². The van der Waals surface area contributed by atoms with E-state index in [-0.39, 0.29) is 0 Å². The van der Waals surface area contributed by atoms with Gasteiger partial charge < -0.3 is 4.42 Å². The van der Waals surface area contributed by atoms with Crippen molar-refractivity contribution in [1.29, 1.82) is 0 Å². The average Bonchev–Trinajstić information content (AvgIpc) is 3.13. The van der Waals surface area contributed by atoms with Gasteiger partial charge in [0.15, 0.2) is 0 Å². The van der Waals surface area contributed by atoms with Crippen molar-refractivity contribution >= 4 is 11.6 Å². The van der Waals surface area contributed by atoms with Gasteiger partial charge in [-0.25, -0.2) is 4.98 Å². The van der Waals surface area contributed by atoms with E-state index in [4.69, 9.17) is 16.0 Å². The SMILES string of the molecule is Clc1ccccc1-c1nc(CN2CCN(Cc3ccccc3)CC2)co1. The van der Waals surface area contributed by atoms with Crippen molar-refractivity contribution < 1.29 is 4.42 Å². The number of oxazole rings is 1.